The Balaban J connectivity index is 1.78. The third-order valence-electron chi connectivity index (χ3n) is 4.07. The highest BCUT2D eigenvalue weighted by Crippen LogP contribution is 2.22. The summed E-state index contributed by atoms with van der Waals surface area (Å²) in [5, 5.41) is 0. The van der Waals surface area contributed by atoms with Crippen molar-refractivity contribution < 1.29 is 14.2 Å². The van der Waals surface area contributed by atoms with Gasteiger partial charge in [0.15, 0.2) is 0 Å². The number of hydrogen-bond acceptors (Lipinski definition) is 6. The molecule has 0 N–H and O–H groups in total. The van der Waals surface area contributed by atoms with E-state index in [1.54, 1.807) is 0 Å². The van der Waals surface area contributed by atoms with E-state index in [1.807, 2.05) is 39.0 Å². The standard InChI is InChI=1S/C18H21N3O3/c1-10-7-22-16(19-10)13-4-14(17-20-11(2)8-23-17)6-15(5-13)18-21-12(3)9-24-18/h4-6,10-12H,7-9H2,1-3H3/t10-,11-,12-/m1/s1. The van der Waals surface area contributed by atoms with E-state index in [0.29, 0.717) is 37.5 Å². The molecular weight excluding hydrogens is 306 g/mol. The molecule has 4 rings (SSSR count). The van der Waals surface area contributed by atoms with Crippen molar-refractivity contribution in [2.45, 2.75) is 38.9 Å². The average molecular weight is 327 g/mol. The molecule has 0 saturated heterocycles. The fourth-order valence-corrected chi connectivity index (χ4v) is 2.89. The molecule has 0 radical (unpaired) electrons. The summed E-state index contributed by atoms with van der Waals surface area (Å²) in [6.45, 7) is 7.94. The van der Waals surface area contributed by atoms with Gasteiger partial charge in [-0.05, 0) is 39.0 Å². The summed E-state index contributed by atoms with van der Waals surface area (Å²) in [6, 6.07) is 6.55. The average Bonchev–Trinajstić information content (AvgIpc) is 3.28. The number of rotatable bonds is 3. The van der Waals surface area contributed by atoms with Crippen molar-refractivity contribution in [1.29, 1.82) is 0 Å². The highest BCUT2D eigenvalue weighted by Gasteiger charge is 2.24. The van der Waals surface area contributed by atoms with Crippen LogP contribution in [0.2, 0.25) is 0 Å². The highest BCUT2D eigenvalue weighted by atomic mass is 16.5. The topological polar surface area (TPSA) is 64.8 Å². The van der Waals surface area contributed by atoms with E-state index in [1.165, 1.54) is 0 Å². The Hall–Kier alpha value is -2.37. The largest absolute Gasteiger partial charge is 0.475 e. The van der Waals surface area contributed by atoms with Crippen molar-refractivity contribution in [3.8, 4) is 0 Å². The van der Waals surface area contributed by atoms with E-state index in [-0.39, 0.29) is 18.1 Å². The normalized spacial score (nSPS) is 28.6. The summed E-state index contributed by atoms with van der Waals surface area (Å²) in [6.07, 6.45) is 0. The fraction of sp³-hybridized carbons (Fsp3) is 0.500. The minimum absolute atomic E-state index is 0.173. The third kappa shape index (κ3) is 2.88. The maximum absolute atomic E-state index is 5.72. The zero-order valence-electron chi connectivity index (χ0n) is 14.2. The summed E-state index contributed by atoms with van der Waals surface area (Å²) < 4.78 is 17.2. The predicted molar refractivity (Wildman–Crippen MR) is 92.3 cm³/mol. The van der Waals surface area contributed by atoms with Gasteiger partial charge >= 0.3 is 0 Å². The third-order valence-corrected chi connectivity index (χ3v) is 4.07. The molecule has 1 aromatic carbocycles. The van der Waals surface area contributed by atoms with Crippen LogP contribution >= 0.6 is 0 Å². The molecule has 0 aliphatic carbocycles. The van der Waals surface area contributed by atoms with E-state index < -0.39 is 0 Å². The molecule has 126 valence electrons. The predicted octanol–water partition coefficient (Wildman–Crippen LogP) is 2.18. The molecule has 0 spiro atoms. The van der Waals surface area contributed by atoms with Crippen molar-refractivity contribution in [2.75, 3.05) is 19.8 Å². The molecule has 3 aliphatic rings. The molecule has 0 aromatic heterocycles. The van der Waals surface area contributed by atoms with Crippen LogP contribution in [-0.4, -0.2) is 55.6 Å². The smallest absolute Gasteiger partial charge is 0.216 e. The zero-order chi connectivity index (χ0) is 16.7. The fourth-order valence-electron chi connectivity index (χ4n) is 2.89. The molecule has 24 heavy (non-hydrogen) atoms. The van der Waals surface area contributed by atoms with E-state index in [4.69, 9.17) is 14.2 Å². The van der Waals surface area contributed by atoms with Crippen molar-refractivity contribution in [3.05, 3.63) is 34.9 Å². The molecule has 6 nitrogen and oxygen atoms in total. The molecule has 0 amide bonds. The number of nitrogens with zero attached hydrogens (tertiary/aromatic N) is 3. The molecule has 3 atom stereocenters. The Morgan fingerprint density at radius 1 is 0.625 bits per heavy atom. The van der Waals surface area contributed by atoms with E-state index in [9.17, 15) is 0 Å². The van der Waals surface area contributed by atoms with Gasteiger partial charge < -0.3 is 14.2 Å². The quantitative estimate of drug-likeness (QED) is 0.855. The van der Waals surface area contributed by atoms with Crippen LogP contribution in [0.25, 0.3) is 0 Å². The zero-order valence-corrected chi connectivity index (χ0v) is 14.2. The second-order valence-electron chi connectivity index (χ2n) is 6.58. The summed E-state index contributed by atoms with van der Waals surface area (Å²) >= 11 is 0. The number of ether oxygens (including phenoxy) is 3. The van der Waals surface area contributed by atoms with Gasteiger partial charge in [-0.3, -0.25) is 0 Å². The highest BCUT2D eigenvalue weighted by molar-refractivity contribution is 6.05. The van der Waals surface area contributed by atoms with Crippen LogP contribution in [0.1, 0.15) is 37.5 Å². The van der Waals surface area contributed by atoms with Crippen LogP contribution in [0.5, 0.6) is 0 Å². The molecule has 0 unspecified atom stereocenters. The minimum atomic E-state index is 0.173. The van der Waals surface area contributed by atoms with Gasteiger partial charge in [0.1, 0.15) is 19.8 Å². The van der Waals surface area contributed by atoms with E-state index >= 15 is 0 Å². The Morgan fingerprint density at radius 2 is 0.917 bits per heavy atom. The van der Waals surface area contributed by atoms with Crippen molar-refractivity contribution in [2.24, 2.45) is 15.0 Å². The maximum Gasteiger partial charge on any atom is 0.216 e. The lowest BCUT2D eigenvalue weighted by Gasteiger charge is -2.10. The van der Waals surface area contributed by atoms with Crippen LogP contribution in [0.4, 0.5) is 0 Å². The van der Waals surface area contributed by atoms with Gasteiger partial charge in [-0.1, -0.05) is 0 Å². The van der Waals surface area contributed by atoms with Gasteiger partial charge in [0.2, 0.25) is 17.7 Å². The Bertz CT molecular complexity index is 642. The SMILES string of the molecule is C[C@@H]1COC(c2cc(C3=N[C@H](C)CO3)cc(C3=N[C@H](C)CO3)c2)=N1. The van der Waals surface area contributed by atoms with Crippen LogP contribution < -0.4 is 0 Å². The molecule has 1 aromatic rings. The lowest BCUT2D eigenvalue weighted by atomic mass is 10.0. The van der Waals surface area contributed by atoms with E-state index in [2.05, 4.69) is 15.0 Å². The first-order chi connectivity index (χ1) is 11.6. The van der Waals surface area contributed by atoms with Gasteiger partial charge in [0.25, 0.3) is 0 Å². The lowest BCUT2D eigenvalue weighted by molar-refractivity contribution is 0.322. The summed E-state index contributed by atoms with van der Waals surface area (Å²) in [5.74, 6) is 1.97. The van der Waals surface area contributed by atoms with Crippen molar-refractivity contribution >= 4 is 17.7 Å². The number of aliphatic imine (C=N–C) groups is 3. The molecule has 0 fully saturated rings. The summed E-state index contributed by atoms with van der Waals surface area (Å²) in [5.41, 5.74) is 2.72. The second-order valence-corrected chi connectivity index (χ2v) is 6.58. The molecule has 6 heteroatoms. The van der Waals surface area contributed by atoms with Gasteiger partial charge in [-0.25, -0.2) is 15.0 Å². The number of hydrogen-bond donors (Lipinski definition) is 0. The van der Waals surface area contributed by atoms with Crippen molar-refractivity contribution in [1.82, 2.24) is 0 Å². The molecule has 0 bridgehead atoms. The Labute approximate surface area is 141 Å². The van der Waals surface area contributed by atoms with Crippen LogP contribution in [0.3, 0.4) is 0 Å². The van der Waals surface area contributed by atoms with Gasteiger partial charge in [-0.15, -0.1) is 0 Å². The molecular formula is C18H21N3O3. The Morgan fingerprint density at radius 3 is 1.12 bits per heavy atom. The minimum Gasteiger partial charge on any atom is -0.475 e. The summed E-state index contributed by atoms with van der Waals surface area (Å²) in [4.78, 5) is 13.7. The van der Waals surface area contributed by atoms with Crippen LogP contribution in [0, 0.1) is 0 Å². The van der Waals surface area contributed by atoms with Gasteiger partial charge in [-0.2, -0.15) is 0 Å². The van der Waals surface area contributed by atoms with Crippen LogP contribution in [-0.2, 0) is 14.2 Å². The van der Waals surface area contributed by atoms with E-state index in [0.717, 1.165) is 16.7 Å². The number of benzene rings is 1. The maximum atomic E-state index is 5.72. The van der Waals surface area contributed by atoms with Gasteiger partial charge in [0, 0.05) is 16.7 Å². The summed E-state index contributed by atoms with van der Waals surface area (Å²) in [7, 11) is 0. The van der Waals surface area contributed by atoms with Crippen molar-refractivity contribution in [3.63, 3.8) is 0 Å². The first kappa shape index (κ1) is 15.2. The first-order valence-electron chi connectivity index (χ1n) is 8.36. The lowest BCUT2D eigenvalue weighted by Crippen LogP contribution is -2.10. The Kier molecular flexibility index (Phi) is 3.75. The second kappa shape index (κ2) is 5.92. The molecule has 3 heterocycles. The monoisotopic (exact) mass is 327 g/mol. The van der Waals surface area contributed by atoms with Crippen LogP contribution in [0.15, 0.2) is 33.2 Å². The first-order valence-corrected chi connectivity index (χ1v) is 8.36. The molecule has 3 aliphatic heterocycles. The molecule has 0 saturated carbocycles. The van der Waals surface area contributed by atoms with Gasteiger partial charge in [0.05, 0.1) is 18.1 Å².